The molecular formula is C16H19F3N4O5S. The Morgan fingerprint density at radius 1 is 1.21 bits per heavy atom. The number of anilines is 1. The van der Waals surface area contributed by atoms with Crippen molar-refractivity contribution in [3.8, 4) is 0 Å². The minimum atomic E-state index is -5.45. The van der Waals surface area contributed by atoms with Gasteiger partial charge >= 0.3 is 12.2 Å². The molecule has 1 fully saturated rings. The predicted octanol–water partition coefficient (Wildman–Crippen LogP) is 1.39. The van der Waals surface area contributed by atoms with Gasteiger partial charge in [-0.05, 0) is 30.2 Å². The van der Waals surface area contributed by atoms with Crippen LogP contribution >= 0.6 is 0 Å². The monoisotopic (exact) mass is 436 g/mol. The van der Waals surface area contributed by atoms with Crippen molar-refractivity contribution in [1.29, 1.82) is 0 Å². The zero-order valence-corrected chi connectivity index (χ0v) is 16.4. The molecule has 1 aromatic rings. The first-order valence-corrected chi connectivity index (χ1v) is 9.80. The molecule has 2 rings (SSSR count). The molecule has 0 saturated carbocycles. The van der Waals surface area contributed by atoms with E-state index in [1.807, 2.05) is 0 Å². The number of hydrogen-bond donors (Lipinski definition) is 3. The third-order valence-corrected chi connectivity index (χ3v) is 5.32. The quantitative estimate of drug-likeness (QED) is 0.582. The molecule has 0 unspecified atom stereocenters. The third kappa shape index (κ3) is 4.50. The van der Waals surface area contributed by atoms with Crippen molar-refractivity contribution in [2.24, 2.45) is 5.92 Å². The second-order valence-electron chi connectivity index (χ2n) is 6.80. The van der Waals surface area contributed by atoms with Crippen LogP contribution in [0.25, 0.3) is 0 Å². The lowest BCUT2D eigenvalue weighted by Crippen LogP contribution is -2.69. The molecule has 0 spiro atoms. The fourth-order valence-electron chi connectivity index (χ4n) is 2.61. The fourth-order valence-corrected chi connectivity index (χ4v) is 3.88. The molecule has 9 nitrogen and oxygen atoms in total. The summed E-state index contributed by atoms with van der Waals surface area (Å²) in [6, 6.07) is 2.87. The summed E-state index contributed by atoms with van der Waals surface area (Å²) in [5.41, 5.74) is -3.61. The normalized spacial score (nSPS) is 20.2. The highest BCUT2D eigenvalue weighted by Gasteiger charge is 2.69. The highest BCUT2D eigenvalue weighted by atomic mass is 32.2. The molecule has 1 aliphatic rings. The van der Waals surface area contributed by atoms with Crippen molar-refractivity contribution < 1.29 is 36.0 Å². The summed E-state index contributed by atoms with van der Waals surface area (Å²) in [6.07, 6.45) is -5.45. The fraction of sp³-hybridized carbons (Fsp3) is 0.438. The van der Waals surface area contributed by atoms with E-state index in [0.717, 1.165) is 24.3 Å². The number of nitrogens with zero attached hydrogens (tertiary/aromatic N) is 1. The molecule has 3 N–H and O–H groups in total. The highest BCUT2D eigenvalue weighted by molar-refractivity contribution is 7.89. The zero-order valence-electron chi connectivity index (χ0n) is 15.6. The van der Waals surface area contributed by atoms with Gasteiger partial charge in [0, 0.05) is 19.2 Å². The van der Waals surface area contributed by atoms with Crippen LogP contribution in [0.2, 0.25) is 0 Å². The summed E-state index contributed by atoms with van der Waals surface area (Å²) in [5, 5.41) is 3.81. The maximum atomic E-state index is 13.8. The van der Waals surface area contributed by atoms with Crippen molar-refractivity contribution in [2.75, 3.05) is 11.9 Å². The van der Waals surface area contributed by atoms with Crippen LogP contribution in [0, 0.1) is 5.92 Å². The van der Waals surface area contributed by atoms with Gasteiger partial charge in [-0.2, -0.15) is 17.9 Å². The SMILES string of the molecule is CC(=O)Nc1ccc(S(=O)(=O)N[C@]2(C(F)(F)F)NC(=O)N(CC(C)C)C2=O)cc1. The summed E-state index contributed by atoms with van der Waals surface area (Å²) >= 11 is 0. The number of rotatable bonds is 6. The van der Waals surface area contributed by atoms with Crippen LogP contribution in [0.1, 0.15) is 20.8 Å². The minimum absolute atomic E-state index is 0.218. The number of halogens is 3. The molecule has 1 aliphatic heterocycles. The number of carbonyl (C=O) groups excluding carboxylic acids is 3. The molecule has 0 bridgehead atoms. The van der Waals surface area contributed by atoms with Crippen molar-refractivity contribution in [2.45, 2.75) is 37.5 Å². The van der Waals surface area contributed by atoms with E-state index in [1.165, 1.54) is 17.0 Å². The van der Waals surface area contributed by atoms with Crippen LogP contribution in [0.3, 0.4) is 0 Å². The molecule has 1 saturated heterocycles. The van der Waals surface area contributed by atoms with E-state index in [-0.39, 0.29) is 18.2 Å². The van der Waals surface area contributed by atoms with Crippen LogP contribution < -0.4 is 15.4 Å². The van der Waals surface area contributed by atoms with Gasteiger partial charge in [-0.1, -0.05) is 13.8 Å². The molecular weight excluding hydrogens is 417 g/mol. The standard InChI is InChI=1S/C16H19F3N4O5S/c1-9(2)8-23-13(25)15(16(17,18)19,21-14(23)26)22-29(27,28)12-6-4-11(5-7-12)20-10(3)24/h4-7,9,22H,8H2,1-3H3,(H,20,24)(H,21,26)/t15-/m1/s1. The van der Waals surface area contributed by atoms with E-state index in [4.69, 9.17) is 0 Å². The summed E-state index contributed by atoms with van der Waals surface area (Å²) in [7, 11) is -4.88. The predicted molar refractivity (Wildman–Crippen MR) is 94.9 cm³/mol. The number of nitrogens with one attached hydrogen (secondary N) is 3. The average molecular weight is 436 g/mol. The van der Waals surface area contributed by atoms with Gasteiger partial charge in [0.05, 0.1) is 4.90 Å². The second kappa shape index (κ2) is 7.63. The van der Waals surface area contributed by atoms with Crippen LogP contribution in [-0.2, 0) is 19.6 Å². The summed E-state index contributed by atoms with van der Waals surface area (Å²) in [5.74, 6) is -2.53. The van der Waals surface area contributed by atoms with Gasteiger partial charge < -0.3 is 10.6 Å². The number of alkyl halides is 3. The molecule has 0 radical (unpaired) electrons. The molecule has 0 aromatic heterocycles. The van der Waals surface area contributed by atoms with Gasteiger partial charge in [0.25, 0.3) is 11.6 Å². The van der Waals surface area contributed by atoms with Crippen LogP contribution in [0.15, 0.2) is 29.2 Å². The first-order valence-electron chi connectivity index (χ1n) is 8.32. The Morgan fingerprint density at radius 2 is 1.76 bits per heavy atom. The maximum absolute atomic E-state index is 13.8. The summed E-state index contributed by atoms with van der Waals surface area (Å²) in [6.45, 7) is 4.05. The number of hydrogen-bond acceptors (Lipinski definition) is 5. The Labute approximate surface area is 164 Å². The topological polar surface area (TPSA) is 125 Å². The van der Waals surface area contributed by atoms with E-state index >= 15 is 0 Å². The van der Waals surface area contributed by atoms with E-state index in [2.05, 4.69) is 5.32 Å². The molecule has 1 aromatic carbocycles. The Kier molecular flexibility index (Phi) is 5.95. The number of carbonyl (C=O) groups is 3. The number of benzene rings is 1. The first kappa shape index (κ1) is 22.6. The zero-order chi connectivity index (χ0) is 22.2. The van der Waals surface area contributed by atoms with E-state index in [9.17, 15) is 36.0 Å². The molecule has 29 heavy (non-hydrogen) atoms. The van der Waals surface area contributed by atoms with E-state index in [1.54, 1.807) is 13.8 Å². The van der Waals surface area contributed by atoms with Crippen LogP contribution in [-0.4, -0.2) is 49.5 Å². The molecule has 160 valence electrons. The molecule has 1 heterocycles. The molecule has 1 atom stereocenters. The van der Waals surface area contributed by atoms with Crippen LogP contribution in [0.5, 0.6) is 0 Å². The van der Waals surface area contributed by atoms with Crippen molar-refractivity contribution in [3.63, 3.8) is 0 Å². The lowest BCUT2D eigenvalue weighted by atomic mass is 10.1. The van der Waals surface area contributed by atoms with Gasteiger partial charge in [-0.25, -0.2) is 13.2 Å². The van der Waals surface area contributed by atoms with Crippen molar-refractivity contribution in [3.05, 3.63) is 24.3 Å². The van der Waals surface area contributed by atoms with Gasteiger partial charge in [-0.3, -0.25) is 14.5 Å². The number of sulfonamides is 1. The number of amides is 4. The Hall–Kier alpha value is -2.67. The Balaban J connectivity index is 2.41. The smallest absolute Gasteiger partial charge is 0.326 e. The van der Waals surface area contributed by atoms with Crippen molar-refractivity contribution in [1.82, 2.24) is 14.9 Å². The maximum Gasteiger partial charge on any atom is 0.435 e. The molecule has 4 amide bonds. The van der Waals surface area contributed by atoms with E-state index < -0.39 is 44.6 Å². The molecule has 0 aliphatic carbocycles. The van der Waals surface area contributed by atoms with Gasteiger partial charge in [-0.15, -0.1) is 0 Å². The summed E-state index contributed by atoms with van der Waals surface area (Å²) < 4.78 is 67.7. The largest absolute Gasteiger partial charge is 0.435 e. The van der Waals surface area contributed by atoms with Crippen LogP contribution in [0.4, 0.5) is 23.7 Å². The third-order valence-electron chi connectivity index (χ3n) is 3.85. The average Bonchev–Trinajstić information content (AvgIpc) is 2.79. The summed E-state index contributed by atoms with van der Waals surface area (Å²) in [4.78, 5) is 35.1. The lowest BCUT2D eigenvalue weighted by molar-refractivity contribution is -0.198. The Morgan fingerprint density at radius 3 is 2.21 bits per heavy atom. The first-order chi connectivity index (χ1) is 13.2. The molecule has 13 heteroatoms. The highest BCUT2D eigenvalue weighted by Crippen LogP contribution is 2.35. The minimum Gasteiger partial charge on any atom is -0.326 e. The number of imide groups is 1. The lowest BCUT2D eigenvalue weighted by Gasteiger charge is -2.29. The van der Waals surface area contributed by atoms with E-state index in [0.29, 0.717) is 4.90 Å². The second-order valence-corrected chi connectivity index (χ2v) is 8.48. The Bertz CT molecular complexity index is 931. The van der Waals surface area contributed by atoms with Crippen molar-refractivity contribution >= 4 is 33.6 Å². The number of urea groups is 1. The van der Waals surface area contributed by atoms with Gasteiger partial charge in [0.15, 0.2) is 0 Å². The van der Waals surface area contributed by atoms with Gasteiger partial charge in [0.1, 0.15) is 0 Å². The van der Waals surface area contributed by atoms with Gasteiger partial charge in [0.2, 0.25) is 15.9 Å².